The maximum absolute atomic E-state index is 12.5. The maximum atomic E-state index is 12.5. The second-order valence-electron chi connectivity index (χ2n) is 4.20. The van der Waals surface area contributed by atoms with E-state index in [1.807, 2.05) is 0 Å². The zero-order valence-corrected chi connectivity index (χ0v) is 15.6. The second-order valence-corrected chi connectivity index (χ2v) is 7.78. The molecule has 122 valence electrons. The van der Waals surface area contributed by atoms with E-state index in [2.05, 4.69) is 47.0 Å². The highest BCUT2D eigenvalue weighted by Gasteiger charge is 2.36. The smallest absolute Gasteiger partial charge is 0.390 e. The van der Waals surface area contributed by atoms with Crippen LogP contribution in [-0.2, 0) is 9.09 Å². The Labute approximate surface area is 139 Å². The summed E-state index contributed by atoms with van der Waals surface area (Å²) in [6, 6.07) is -0.296. The fourth-order valence-corrected chi connectivity index (χ4v) is 4.15. The number of nitrogens with zero attached hydrogens (tertiary/aromatic N) is 3. The summed E-state index contributed by atoms with van der Waals surface area (Å²) in [7, 11) is -1.61. The van der Waals surface area contributed by atoms with Crippen LogP contribution in [0.25, 0.3) is 0 Å². The lowest BCUT2D eigenvalue weighted by Gasteiger charge is -2.22. The van der Waals surface area contributed by atoms with Crippen LogP contribution >= 0.6 is 39.5 Å². The molecule has 1 unspecified atom stereocenters. The van der Waals surface area contributed by atoms with Crippen LogP contribution in [0.3, 0.4) is 0 Å². The Balaban J connectivity index is 2.54. The summed E-state index contributed by atoms with van der Waals surface area (Å²) in [4.78, 5) is 15.5. The van der Waals surface area contributed by atoms with Gasteiger partial charge >= 0.3 is 13.6 Å². The summed E-state index contributed by atoms with van der Waals surface area (Å²) in [5.74, 6) is -0.194. The van der Waals surface area contributed by atoms with Gasteiger partial charge in [-0.05, 0) is 4.92 Å². The molecule has 1 atom stereocenters. The van der Waals surface area contributed by atoms with Crippen molar-refractivity contribution in [2.45, 2.75) is 6.04 Å². The van der Waals surface area contributed by atoms with Crippen LogP contribution < -0.4 is 10.2 Å². The summed E-state index contributed by atoms with van der Waals surface area (Å²) >= 11 is 6.49. The minimum Gasteiger partial charge on any atom is -0.390 e. The van der Waals surface area contributed by atoms with Crippen LogP contribution in [0.1, 0.15) is 0 Å². The van der Waals surface area contributed by atoms with Gasteiger partial charge in [0.1, 0.15) is 12.6 Å². The Bertz CT molecular complexity index is 426. The molecule has 1 aliphatic rings. The van der Waals surface area contributed by atoms with Crippen LogP contribution in [-0.4, -0.2) is 65.8 Å². The number of likely N-dealkylation sites (N-methyl/N-ethyl adjacent to an activating group) is 1. The van der Waals surface area contributed by atoms with E-state index in [1.54, 1.807) is 7.05 Å². The van der Waals surface area contributed by atoms with Gasteiger partial charge in [-0.3, -0.25) is 9.46 Å². The van der Waals surface area contributed by atoms with Gasteiger partial charge < -0.3 is 14.6 Å². The minimum atomic E-state index is -3.18. The average Bonchev–Trinajstić information content (AvgIpc) is 2.82. The molecule has 0 aliphatic carbocycles. The molecule has 9 nitrogen and oxygen atoms in total. The van der Waals surface area contributed by atoms with Gasteiger partial charge in [-0.1, -0.05) is 31.9 Å². The van der Waals surface area contributed by atoms with Gasteiger partial charge in [0.2, 0.25) is 0 Å². The maximum Gasteiger partial charge on any atom is 0.425 e. The number of nitrogens with one attached hydrogen (secondary N) is 2. The van der Waals surface area contributed by atoms with E-state index in [0.717, 1.165) is 0 Å². The number of rotatable bonds is 9. The van der Waals surface area contributed by atoms with Crippen molar-refractivity contribution in [3.63, 3.8) is 0 Å². The van der Waals surface area contributed by atoms with Crippen LogP contribution in [0.15, 0.2) is 4.99 Å². The highest BCUT2D eigenvalue weighted by Crippen LogP contribution is 2.37. The van der Waals surface area contributed by atoms with Crippen molar-refractivity contribution in [1.29, 1.82) is 0 Å². The standard InChI is InChI=1S/C9H18Br2N5O4P/c1-15-8(6-12-9(15)16(17)18)7-20-21(19,13-4-2-10)14-5-3-11/h8H,2-7H2,1H3,(H2,13,14,19). The molecule has 0 radical (unpaired) electrons. The Morgan fingerprint density at radius 2 is 2.05 bits per heavy atom. The molecule has 12 heteroatoms. The van der Waals surface area contributed by atoms with Crippen LogP contribution in [0.2, 0.25) is 0 Å². The number of guanidine groups is 1. The number of hydrogen-bond acceptors (Lipinski definition) is 6. The largest absolute Gasteiger partial charge is 0.425 e. The third-order valence-electron chi connectivity index (χ3n) is 2.75. The minimum absolute atomic E-state index is 0.0825. The average molecular weight is 451 g/mol. The number of nitro groups is 1. The highest BCUT2D eigenvalue weighted by molar-refractivity contribution is 9.09. The van der Waals surface area contributed by atoms with E-state index in [-0.39, 0.29) is 25.2 Å². The fraction of sp³-hybridized carbons (Fsp3) is 0.889. The number of aliphatic imine (C=N–C) groups is 1. The first kappa shape index (κ1) is 19.0. The molecule has 0 saturated heterocycles. The number of hydrogen-bond donors (Lipinski definition) is 2. The van der Waals surface area contributed by atoms with Crippen LogP contribution in [0, 0.1) is 10.1 Å². The van der Waals surface area contributed by atoms with Crippen molar-refractivity contribution in [3.05, 3.63) is 10.1 Å². The lowest BCUT2D eigenvalue weighted by molar-refractivity contribution is -0.362. The summed E-state index contributed by atoms with van der Waals surface area (Å²) in [5, 5.41) is 17.6. The lowest BCUT2D eigenvalue weighted by Crippen LogP contribution is -2.40. The number of alkyl halides is 2. The van der Waals surface area contributed by atoms with Gasteiger partial charge in [0, 0.05) is 23.7 Å². The third kappa shape index (κ3) is 5.91. The third-order valence-corrected chi connectivity index (χ3v) is 5.33. The summed E-state index contributed by atoms with van der Waals surface area (Å²) < 4.78 is 18.0. The van der Waals surface area contributed by atoms with Crippen molar-refractivity contribution >= 4 is 45.5 Å². The van der Waals surface area contributed by atoms with Gasteiger partial charge in [0.15, 0.2) is 0 Å². The Morgan fingerprint density at radius 1 is 1.48 bits per heavy atom. The first-order valence-electron chi connectivity index (χ1n) is 6.22. The monoisotopic (exact) mass is 449 g/mol. The quantitative estimate of drug-likeness (QED) is 0.233. The first-order chi connectivity index (χ1) is 9.93. The SMILES string of the molecule is CN1C([N+](=O)[O-])=NCC1COP(=O)(NCCBr)NCCBr. The Hall–Kier alpha value is -0.0600. The summed E-state index contributed by atoms with van der Waals surface area (Å²) in [6.45, 7) is 1.29. The van der Waals surface area contributed by atoms with Gasteiger partial charge in [-0.15, -0.1) is 4.99 Å². The highest BCUT2D eigenvalue weighted by atomic mass is 79.9. The molecule has 0 aromatic rings. The zero-order valence-electron chi connectivity index (χ0n) is 11.5. The number of halogens is 2. The van der Waals surface area contributed by atoms with E-state index in [0.29, 0.717) is 23.7 Å². The Morgan fingerprint density at radius 3 is 2.48 bits per heavy atom. The van der Waals surface area contributed by atoms with Crippen molar-refractivity contribution < 1.29 is 14.0 Å². The molecule has 21 heavy (non-hydrogen) atoms. The van der Waals surface area contributed by atoms with E-state index in [9.17, 15) is 14.7 Å². The summed E-state index contributed by atoms with van der Waals surface area (Å²) in [6.07, 6.45) is 0. The van der Waals surface area contributed by atoms with E-state index < -0.39 is 12.6 Å². The molecular formula is C9H18Br2N5O4P. The fourth-order valence-electron chi connectivity index (χ4n) is 1.65. The topological polar surface area (TPSA) is 109 Å². The molecular weight excluding hydrogens is 433 g/mol. The molecule has 0 amide bonds. The molecule has 0 aromatic heterocycles. The predicted molar refractivity (Wildman–Crippen MR) is 88.0 cm³/mol. The molecule has 0 spiro atoms. The molecule has 1 aliphatic heterocycles. The second kappa shape index (κ2) is 9.16. The van der Waals surface area contributed by atoms with Gasteiger partial charge in [-0.2, -0.15) is 0 Å². The molecule has 0 bridgehead atoms. The Kier molecular flexibility index (Phi) is 8.28. The van der Waals surface area contributed by atoms with Crippen molar-refractivity contribution in [3.8, 4) is 0 Å². The van der Waals surface area contributed by atoms with Crippen LogP contribution in [0.5, 0.6) is 0 Å². The molecule has 1 rings (SSSR count). The molecule has 1 heterocycles. The van der Waals surface area contributed by atoms with Gasteiger partial charge in [0.05, 0.1) is 13.7 Å². The normalized spacial score (nSPS) is 18.9. The first-order valence-corrected chi connectivity index (χ1v) is 10.1. The zero-order chi connectivity index (χ0) is 15.9. The van der Waals surface area contributed by atoms with Crippen molar-refractivity contribution in [1.82, 2.24) is 15.1 Å². The van der Waals surface area contributed by atoms with Crippen molar-refractivity contribution in [2.24, 2.45) is 4.99 Å². The molecule has 0 fully saturated rings. The van der Waals surface area contributed by atoms with Crippen molar-refractivity contribution in [2.75, 3.05) is 43.9 Å². The van der Waals surface area contributed by atoms with Gasteiger partial charge in [0.25, 0.3) is 0 Å². The summed E-state index contributed by atoms with van der Waals surface area (Å²) in [5.41, 5.74) is 0. The van der Waals surface area contributed by atoms with E-state index in [4.69, 9.17) is 4.52 Å². The predicted octanol–water partition coefficient (Wildman–Crippen LogP) is 1.03. The lowest BCUT2D eigenvalue weighted by atomic mass is 10.3. The van der Waals surface area contributed by atoms with E-state index >= 15 is 0 Å². The van der Waals surface area contributed by atoms with Crippen LogP contribution in [0.4, 0.5) is 0 Å². The molecule has 2 N–H and O–H groups in total. The van der Waals surface area contributed by atoms with Gasteiger partial charge in [-0.25, -0.2) is 10.2 Å². The van der Waals surface area contributed by atoms with E-state index in [1.165, 1.54) is 4.90 Å². The molecule has 0 aromatic carbocycles. The molecule has 0 saturated carbocycles.